The number of carbonyl (C=O) groups is 3. The number of pyridine rings is 1. The molecule has 0 unspecified atom stereocenters. The van der Waals surface area contributed by atoms with E-state index >= 15 is 0 Å². The van der Waals surface area contributed by atoms with E-state index in [1.165, 1.54) is 6.07 Å². The third-order valence-corrected chi connectivity index (χ3v) is 14.7. The van der Waals surface area contributed by atoms with Gasteiger partial charge in [-0.1, -0.05) is 18.2 Å². The standard InChI is InChI=1S/C37H40BrF3N4O7S2/c1-45-13-5-3-2-4-6-21-16-36(21,35(49)44-54(50,51)23-9-10-23)17-28(47)26-14-22(8-12-24(26)34(45)48)52-29-15-27(33-43-30(19-53-33)37(39,40)41)42-32-25(29)11-7-20(18-46)31(32)38/h4,6-7,11,15,19,21-24,26,46H,2-3,5,8-10,12-14,16-18H2,1H3,(H,44,49)/b6-4-/t21-,22+,24-,26-,36-/m1/s1. The summed E-state index contributed by atoms with van der Waals surface area (Å²) in [6.45, 7) is 0.190. The Bertz CT molecular complexity index is 2120. The summed E-state index contributed by atoms with van der Waals surface area (Å²) in [5.74, 6) is -2.76. The number of fused-ring (bicyclic) bond motifs is 3. The van der Waals surface area contributed by atoms with Crippen LogP contribution in [0.2, 0.25) is 0 Å². The van der Waals surface area contributed by atoms with Crippen LogP contribution in [0.5, 0.6) is 5.75 Å². The van der Waals surface area contributed by atoms with Crippen molar-refractivity contribution in [1.82, 2.24) is 19.6 Å². The molecule has 0 saturated heterocycles. The first-order valence-electron chi connectivity index (χ1n) is 18.0. The first-order valence-corrected chi connectivity index (χ1v) is 21.3. The highest BCUT2D eigenvalue weighted by Gasteiger charge is 2.61. The van der Waals surface area contributed by atoms with E-state index in [1.807, 2.05) is 12.2 Å². The number of aliphatic hydroxyl groups excluding tert-OH is 1. The fourth-order valence-corrected chi connectivity index (χ4v) is 10.5. The second kappa shape index (κ2) is 14.9. The number of halogens is 4. The fourth-order valence-electron chi connectivity index (χ4n) is 7.72. The molecule has 3 saturated carbocycles. The maximum absolute atomic E-state index is 14.5. The third kappa shape index (κ3) is 7.82. The average molecular weight is 854 g/mol. The Hall–Kier alpha value is -3.41. The van der Waals surface area contributed by atoms with Crippen molar-refractivity contribution in [3.63, 3.8) is 0 Å². The molecule has 5 atom stereocenters. The first kappa shape index (κ1) is 38.8. The zero-order chi connectivity index (χ0) is 38.6. The Morgan fingerprint density at radius 2 is 1.93 bits per heavy atom. The molecule has 54 heavy (non-hydrogen) atoms. The number of Topliss-reactive ketones (excluding diaryl/α,β-unsaturated/α-hetero) is 1. The van der Waals surface area contributed by atoms with Crippen LogP contribution >= 0.6 is 27.3 Å². The summed E-state index contributed by atoms with van der Waals surface area (Å²) in [5, 5.41) is 10.7. The van der Waals surface area contributed by atoms with Crippen LogP contribution < -0.4 is 9.46 Å². The molecule has 0 bridgehead atoms. The van der Waals surface area contributed by atoms with E-state index in [0.717, 1.165) is 36.0 Å². The highest BCUT2D eigenvalue weighted by atomic mass is 79.9. The normalized spacial score (nSPS) is 27.5. The molecule has 2 aromatic heterocycles. The summed E-state index contributed by atoms with van der Waals surface area (Å²) in [6.07, 6.45) is 2.74. The molecule has 11 nitrogen and oxygen atoms in total. The number of ketones is 1. The molecule has 3 fully saturated rings. The number of allylic oxidation sites excluding steroid dienone is 2. The van der Waals surface area contributed by atoms with Crippen molar-refractivity contribution in [3.8, 4) is 16.5 Å². The smallest absolute Gasteiger partial charge is 0.434 e. The van der Waals surface area contributed by atoms with Crippen LogP contribution in [0.4, 0.5) is 13.2 Å². The molecule has 7 rings (SSSR count). The van der Waals surface area contributed by atoms with Crippen LogP contribution in [0.25, 0.3) is 21.6 Å². The van der Waals surface area contributed by atoms with Gasteiger partial charge in [0.25, 0.3) is 0 Å². The summed E-state index contributed by atoms with van der Waals surface area (Å²) in [7, 11) is -2.14. The molecular weight excluding hydrogens is 813 g/mol. The van der Waals surface area contributed by atoms with Gasteiger partial charge in [0.1, 0.15) is 22.2 Å². The van der Waals surface area contributed by atoms with Gasteiger partial charge in [0.2, 0.25) is 21.8 Å². The van der Waals surface area contributed by atoms with Crippen molar-refractivity contribution >= 4 is 65.8 Å². The number of sulfonamides is 1. The molecule has 2 amide bonds. The van der Waals surface area contributed by atoms with Gasteiger partial charge in [-0.15, -0.1) is 11.3 Å². The Morgan fingerprint density at radius 1 is 1.15 bits per heavy atom. The molecule has 17 heteroatoms. The van der Waals surface area contributed by atoms with Gasteiger partial charge in [-0.05, 0) is 91.3 Å². The lowest BCUT2D eigenvalue weighted by Gasteiger charge is -2.37. The molecule has 1 aliphatic heterocycles. The van der Waals surface area contributed by atoms with E-state index in [1.54, 1.807) is 24.1 Å². The van der Waals surface area contributed by atoms with Gasteiger partial charge in [0.15, 0.2) is 5.69 Å². The highest BCUT2D eigenvalue weighted by Crippen LogP contribution is 2.58. The Labute approximate surface area is 322 Å². The number of nitrogens with zero attached hydrogens (tertiary/aromatic N) is 3. The lowest BCUT2D eigenvalue weighted by atomic mass is 9.72. The van der Waals surface area contributed by atoms with Gasteiger partial charge in [0, 0.05) is 53.2 Å². The zero-order valence-corrected chi connectivity index (χ0v) is 32.6. The monoisotopic (exact) mass is 852 g/mol. The maximum atomic E-state index is 14.5. The minimum Gasteiger partial charge on any atom is -0.490 e. The molecule has 0 radical (unpaired) electrons. The summed E-state index contributed by atoms with van der Waals surface area (Å²) in [6, 6.07) is 4.87. The number of rotatable bonds is 7. The SMILES string of the molecule is CN1CCCC/C=C\[C@@H]2C[C@@]2(C(=O)NS(=O)(=O)C2CC2)CC(=O)[C@@H]2C[C@@H](Oc3cc(-c4nc(C(F)(F)F)cs4)nc4c(Br)c(CO)ccc34)CC[C@H]2C1=O. The van der Waals surface area contributed by atoms with Gasteiger partial charge in [0.05, 0.1) is 28.9 Å². The first-order chi connectivity index (χ1) is 25.6. The van der Waals surface area contributed by atoms with E-state index in [2.05, 4.69) is 30.6 Å². The molecule has 3 heterocycles. The van der Waals surface area contributed by atoms with Crippen LogP contribution in [0.15, 0.2) is 40.2 Å². The Kier molecular flexibility index (Phi) is 10.7. The number of carbonyl (C=O) groups excluding carboxylic acids is 3. The Morgan fingerprint density at radius 3 is 2.63 bits per heavy atom. The number of thiazole rings is 1. The van der Waals surface area contributed by atoms with E-state index < -0.39 is 56.4 Å². The van der Waals surface area contributed by atoms with Crippen molar-refractivity contribution in [2.24, 2.45) is 23.2 Å². The number of amides is 2. The molecule has 0 spiro atoms. The van der Waals surface area contributed by atoms with Crippen LogP contribution in [0.1, 0.15) is 75.5 Å². The third-order valence-electron chi connectivity index (χ3n) is 11.1. The number of hydrogen-bond donors (Lipinski definition) is 2. The predicted octanol–water partition coefficient (Wildman–Crippen LogP) is 6.57. The van der Waals surface area contributed by atoms with E-state index in [-0.39, 0.29) is 53.5 Å². The van der Waals surface area contributed by atoms with Crippen molar-refractivity contribution in [1.29, 1.82) is 0 Å². The van der Waals surface area contributed by atoms with Crippen LogP contribution in [0, 0.1) is 23.2 Å². The number of aliphatic hydroxyl groups is 1. The quantitative estimate of drug-likeness (QED) is 0.251. The van der Waals surface area contributed by atoms with E-state index in [9.17, 15) is 41.1 Å². The maximum Gasteiger partial charge on any atom is 0.434 e. The molecular formula is C37H40BrF3N4O7S2. The second-order valence-electron chi connectivity index (χ2n) is 14.9. The lowest BCUT2D eigenvalue weighted by molar-refractivity contribution is -0.144. The molecule has 3 aromatic rings. The lowest BCUT2D eigenvalue weighted by Crippen LogP contribution is -2.46. The highest BCUT2D eigenvalue weighted by molar-refractivity contribution is 9.10. The van der Waals surface area contributed by atoms with Crippen molar-refractivity contribution in [2.45, 2.75) is 88.3 Å². The van der Waals surface area contributed by atoms with Crippen LogP contribution in [-0.2, 0) is 37.2 Å². The number of aromatic nitrogens is 2. The van der Waals surface area contributed by atoms with Gasteiger partial charge in [-0.25, -0.2) is 18.4 Å². The number of ether oxygens (including phenoxy) is 1. The largest absolute Gasteiger partial charge is 0.490 e. The predicted molar refractivity (Wildman–Crippen MR) is 198 cm³/mol. The van der Waals surface area contributed by atoms with Crippen molar-refractivity contribution in [3.05, 3.63) is 51.5 Å². The summed E-state index contributed by atoms with van der Waals surface area (Å²) < 4.78 is 75.4. The molecule has 4 aliphatic rings. The Balaban J connectivity index is 1.21. The topological polar surface area (TPSA) is 156 Å². The van der Waals surface area contributed by atoms with Crippen LogP contribution in [0.3, 0.4) is 0 Å². The van der Waals surface area contributed by atoms with E-state index in [4.69, 9.17) is 4.74 Å². The summed E-state index contributed by atoms with van der Waals surface area (Å²) in [5.41, 5.74) is -1.35. The van der Waals surface area contributed by atoms with Gasteiger partial charge < -0.3 is 14.7 Å². The van der Waals surface area contributed by atoms with Crippen molar-refractivity contribution < 1.29 is 45.8 Å². The number of benzene rings is 1. The number of hydrogen-bond acceptors (Lipinski definition) is 10. The van der Waals surface area contributed by atoms with Crippen molar-refractivity contribution in [2.75, 3.05) is 13.6 Å². The number of nitrogens with one attached hydrogen (secondary N) is 1. The minimum atomic E-state index is -4.65. The van der Waals surface area contributed by atoms with Gasteiger partial charge in [-0.2, -0.15) is 13.2 Å². The summed E-state index contributed by atoms with van der Waals surface area (Å²) in [4.78, 5) is 52.1. The van der Waals surface area contributed by atoms with Gasteiger partial charge in [-0.3, -0.25) is 19.1 Å². The van der Waals surface area contributed by atoms with Crippen LogP contribution in [-0.4, -0.2) is 70.9 Å². The second-order valence-corrected chi connectivity index (χ2v) is 18.5. The molecule has 3 aliphatic carbocycles. The average Bonchev–Trinajstić information content (AvgIpc) is 4.05. The fraction of sp³-hybridized carbons (Fsp3) is 0.541. The number of alkyl halides is 3. The zero-order valence-electron chi connectivity index (χ0n) is 29.4. The minimum absolute atomic E-state index is 0.00856. The van der Waals surface area contributed by atoms with E-state index in [0.29, 0.717) is 59.6 Å². The molecule has 1 aromatic carbocycles. The molecule has 2 N–H and O–H groups in total. The van der Waals surface area contributed by atoms with Gasteiger partial charge >= 0.3 is 6.18 Å². The molecule has 290 valence electrons. The summed E-state index contributed by atoms with van der Waals surface area (Å²) >= 11 is 4.26.